The van der Waals surface area contributed by atoms with Crippen LogP contribution in [0, 0.1) is 11.8 Å². The van der Waals surface area contributed by atoms with E-state index in [1.807, 2.05) is 17.0 Å². The zero-order valence-electron chi connectivity index (χ0n) is 16.6. The Morgan fingerprint density at radius 3 is 2.19 bits per heavy atom. The Morgan fingerprint density at radius 1 is 1.04 bits per heavy atom. The summed E-state index contributed by atoms with van der Waals surface area (Å²) < 4.78 is 27.3. The summed E-state index contributed by atoms with van der Waals surface area (Å²) in [5.41, 5.74) is 1.16. The lowest BCUT2D eigenvalue weighted by atomic mass is 10.0. The van der Waals surface area contributed by atoms with Crippen molar-refractivity contribution in [2.24, 2.45) is 11.8 Å². The molecule has 0 bridgehead atoms. The zero-order chi connectivity index (χ0) is 19.4. The van der Waals surface area contributed by atoms with Gasteiger partial charge < -0.3 is 4.90 Å². The van der Waals surface area contributed by atoms with Crippen molar-refractivity contribution in [3.8, 4) is 0 Å². The maximum atomic E-state index is 12.9. The minimum atomic E-state index is -3.48. The Kier molecular flexibility index (Phi) is 6.58. The van der Waals surface area contributed by atoms with Crippen molar-refractivity contribution in [1.29, 1.82) is 0 Å². The largest absolute Gasteiger partial charge is 0.340 e. The van der Waals surface area contributed by atoms with Crippen molar-refractivity contribution in [2.45, 2.75) is 57.3 Å². The van der Waals surface area contributed by atoms with Gasteiger partial charge in [-0.2, -0.15) is 4.31 Å². The highest BCUT2D eigenvalue weighted by molar-refractivity contribution is 7.89. The molecular weight excluding hydrogens is 360 g/mol. The highest BCUT2D eigenvalue weighted by Gasteiger charge is 2.31. The van der Waals surface area contributed by atoms with Crippen LogP contribution in [0.1, 0.15) is 51.5 Å². The highest BCUT2D eigenvalue weighted by Crippen LogP contribution is 2.28. The van der Waals surface area contributed by atoms with Crippen LogP contribution in [0.5, 0.6) is 0 Å². The lowest BCUT2D eigenvalue weighted by Gasteiger charge is -2.34. The standard InChI is InChI=1S/C21H32N2O3S/c1-17(2)15-19-7-9-20(10-8-19)27(25,26)23-13-11-22(12-14-23)21(24)16-18-5-3-4-6-18/h7-10,17-18H,3-6,11-16H2,1-2H3. The van der Waals surface area contributed by atoms with Crippen LogP contribution < -0.4 is 0 Å². The van der Waals surface area contributed by atoms with Crippen LogP contribution in [0.15, 0.2) is 29.2 Å². The number of hydrogen-bond donors (Lipinski definition) is 0. The van der Waals surface area contributed by atoms with Crippen molar-refractivity contribution in [3.63, 3.8) is 0 Å². The van der Waals surface area contributed by atoms with E-state index in [0.29, 0.717) is 49.3 Å². The Hall–Kier alpha value is -1.40. The Bertz CT molecular complexity index is 729. The summed E-state index contributed by atoms with van der Waals surface area (Å²) in [7, 11) is -3.48. The predicted molar refractivity (Wildman–Crippen MR) is 107 cm³/mol. The molecule has 1 amide bonds. The van der Waals surface area contributed by atoms with Gasteiger partial charge in [-0.05, 0) is 48.8 Å². The molecule has 1 aromatic carbocycles. The second-order valence-electron chi connectivity index (χ2n) is 8.38. The molecular formula is C21H32N2O3S. The molecule has 6 heteroatoms. The molecule has 3 rings (SSSR count). The average molecular weight is 393 g/mol. The fourth-order valence-electron chi connectivity index (χ4n) is 4.19. The van der Waals surface area contributed by atoms with E-state index >= 15 is 0 Å². The van der Waals surface area contributed by atoms with E-state index in [4.69, 9.17) is 0 Å². The second kappa shape index (κ2) is 8.74. The molecule has 1 saturated carbocycles. The van der Waals surface area contributed by atoms with Crippen molar-refractivity contribution in [3.05, 3.63) is 29.8 Å². The maximum absolute atomic E-state index is 12.9. The van der Waals surface area contributed by atoms with Crippen molar-refractivity contribution in [1.82, 2.24) is 9.21 Å². The van der Waals surface area contributed by atoms with Crippen LogP contribution in [-0.2, 0) is 21.2 Å². The van der Waals surface area contributed by atoms with Gasteiger partial charge in [0.15, 0.2) is 0 Å². The quantitative estimate of drug-likeness (QED) is 0.746. The van der Waals surface area contributed by atoms with Gasteiger partial charge in [-0.25, -0.2) is 8.42 Å². The third-order valence-electron chi connectivity index (χ3n) is 5.73. The molecule has 1 aromatic rings. The SMILES string of the molecule is CC(C)Cc1ccc(S(=O)(=O)N2CCN(C(=O)CC3CCCC3)CC2)cc1. The van der Waals surface area contributed by atoms with Crippen LogP contribution in [0.3, 0.4) is 0 Å². The molecule has 5 nitrogen and oxygen atoms in total. The van der Waals surface area contributed by atoms with E-state index in [2.05, 4.69) is 13.8 Å². The first-order valence-corrected chi connectivity index (χ1v) is 11.7. The topological polar surface area (TPSA) is 57.7 Å². The summed E-state index contributed by atoms with van der Waals surface area (Å²) in [6.07, 6.45) is 6.37. The third kappa shape index (κ3) is 5.11. The van der Waals surface area contributed by atoms with Gasteiger partial charge in [-0.1, -0.05) is 38.8 Å². The van der Waals surface area contributed by atoms with Gasteiger partial charge in [0.25, 0.3) is 0 Å². The second-order valence-corrected chi connectivity index (χ2v) is 10.3. The van der Waals surface area contributed by atoms with E-state index in [9.17, 15) is 13.2 Å². The number of carbonyl (C=O) groups is 1. The molecule has 1 heterocycles. The molecule has 0 spiro atoms. The molecule has 1 aliphatic heterocycles. The normalized spacial score (nSPS) is 19.7. The molecule has 0 N–H and O–H groups in total. The molecule has 0 radical (unpaired) electrons. The first kappa shape index (κ1) is 20.3. The van der Waals surface area contributed by atoms with E-state index in [-0.39, 0.29) is 5.91 Å². The number of rotatable bonds is 6. The fraction of sp³-hybridized carbons (Fsp3) is 0.667. The van der Waals surface area contributed by atoms with Crippen LogP contribution in [0.4, 0.5) is 0 Å². The Balaban J connectivity index is 1.56. The molecule has 0 aromatic heterocycles. The summed E-state index contributed by atoms with van der Waals surface area (Å²) in [4.78, 5) is 14.7. The van der Waals surface area contributed by atoms with Crippen LogP contribution in [-0.4, -0.2) is 49.7 Å². The number of hydrogen-bond acceptors (Lipinski definition) is 3. The van der Waals surface area contributed by atoms with E-state index in [1.165, 1.54) is 17.1 Å². The lowest BCUT2D eigenvalue weighted by Crippen LogP contribution is -2.50. The Labute approximate surface area is 163 Å². The van der Waals surface area contributed by atoms with Crippen molar-refractivity contribution in [2.75, 3.05) is 26.2 Å². The molecule has 150 valence electrons. The van der Waals surface area contributed by atoms with Crippen molar-refractivity contribution >= 4 is 15.9 Å². The molecule has 2 aliphatic rings. The smallest absolute Gasteiger partial charge is 0.243 e. The predicted octanol–water partition coefficient (Wildman–Crippen LogP) is 3.30. The van der Waals surface area contributed by atoms with Gasteiger partial charge in [0, 0.05) is 32.6 Å². The summed E-state index contributed by atoms with van der Waals surface area (Å²) in [5, 5.41) is 0. The van der Waals surface area contributed by atoms with Gasteiger partial charge in [0.05, 0.1) is 4.90 Å². The van der Waals surface area contributed by atoms with Gasteiger partial charge in [0.1, 0.15) is 0 Å². The number of piperazine rings is 1. The third-order valence-corrected chi connectivity index (χ3v) is 7.65. The summed E-state index contributed by atoms with van der Waals surface area (Å²) in [5.74, 6) is 1.27. The summed E-state index contributed by atoms with van der Waals surface area (Å²) in [6, 6.07) is 7.25. The number of benzene rings is 1. The maximum Gasteiger partial charge on any atom is 0.243 e. The average Bonchev–Trinajstić information content (AvgIpc) is 3.15. The minimum Gasteiger partial charge on any atom is -0.340 e. The fourth-order valence-corrected chi connectivity index (χ4v) is 5.61. The highest BCUT2D eigenvalue weighted by atomic mass is 32.2. The molecule has 2 fully saturated rings. The van der Waals surface area contributed by atoms with Gasteiger partial charge in [-0.15, -0.1) is 0 Å². The van der Waals surface area contributed by atoms with Crippen molar-refractivity contribution < 1.29 is 13.2 Å². The zero-order valence-corrected chi connectivity index (χ0v) is 17.4. The molecule has 0 unspecified atom stereocenters. The molecule has 27 heavy (non-hydrogen) atoms. The Morgan fingerprint density at radius 2 is 1.63 bits per heavy atom. The minimum absolute atomic E-state index is 0.192. The first-order valence-electron chi connectivity index (χ1n) is 10.2. The number of sulfonamides is 1. The van der Waals surface area contributed by atoms with Gasteiger partial charge in [-0.3, -0.25) is 4.79 Å². The van der Waals surface area contributed by atoms with Crippen LogP contribution in [0.2, 0.25) is 0 Å². The lowest BCUT2D eigenvalue weighted by molar-refractivity contribution is -0.133. The molecule has 0 atom stereocenters. The number of nitrogens with zero attached hydrogens (tertiary/aromatic N) is 2. The van der Waals surface area contributed by atoms with Gasteiger partial charge in [0.2, 0.25) is 15.9 Å². The van der Waals surface area contributed by atoms with E-state index in [0.717, 1.165) is 24.8 Å². The van der Waals surface area contributed by atoms with Gasteiger partial charge >= 0.3 is 0 Å². The number of amides is 1. The summed E-state index contributed by atoms with van der Waals surface area (Å²) in [6.45, 7) is 6.06. The van der Waals surface area contributed by atoms with E-state index < -0.39 is 10.0 Å². The summed E-state index contributed by atoms with van der Waals surface area (Å²) >= 11 is 0. The van der Waals surface area contributed by atoms with Crippen LogP contribution in [0.25, 0.3) is 0 Å². The first-order chi connectivity index (χ1) is 12.9. The monoisotopic (exact) mass is 392 g/mol. The number of carbonyl (C=O) groups excluding carboxylic acids is 1. The van der Waals surface area contributed by atoms with Crippen LogP contribution >= 0.6 is 0 Å². The molecule has 1 aliphatic carbocycles. The van der Waals surface area contributed by atoms with E-state index in [1.54, 1.807) is 12.1 Å². The molecule has 1 saturated heterocycles.